The van der Waals surface area contributed by atoms with Gasteiger partial charge in [-0.3, -0.25) is 0 Å². The standard InChI is InChI=1S/C6H9NS/c1-4-6(3)7-8-5-2/h4-5H,1-2H2,3H3. The first-order valence-electron chi connectivity index (χ1n) is 2.25. The molecule has 0 bridgehead atoms. The first-order chi connectivity index (χ1) is 3.81. The summed E-state index contributed by atoms with van der Waals surface area (Å²) in [5.41, 5.74) is 0.926. The molecule has 0 spiro atoms. The van der Waals surface area contributed by atoms with E-state index in [2.05, 4.69) is 17.6 Å². The van der Waals surface area contributed by atoms with Gasteiger partial charge in [0.15, 0.2) is 0 Å². The lowest BCUT2D eigenvalue weighted by atomic mass is 10.4. The maximum atomic E-state index is 3.96. The van der Waals surface area contributed by atoms with Gasteiger partial charge < -0.3 is 0 Å². The van der Waals surface area contributed by atoms with Crippen molar-refractivity contribution in [2.45, 2.75) is 6.92 Å². The number of allylic oxidation sites excluding steroid dienone is 1. The van der Waals surface area contributed by atoms with Gasteiger partial charge in [0, 0.05) is 17.7 Å². The highest BCUT2D eigenvalue weighted by molar-refractivity contribution is 8.01. The van der Waals surface area contributed by atoms with Gasteiger partial charge >= 0.3 is 0 Å². The molecule has 8 heavy (non-hydrogen) atoms. The summed E-state index contributed by atoms with van der Waals surface area (Å²) in [6.07, 6.45) is 1.70. The Balaban J connectivity index is 3.56. The molecule has 0 saturated carbocycles. The van der Waals surface area contributed by atoms with Crippen molar-refractivity contribution < 1.29 is 0 Å². The Morgan fingerprint density at radius 1 is 1.62 bits per heavy atom. The normalized spacial score (nSPS) is 10.9. The minimum atomic E-state index is 0.926. The Morgan fingerprint density at radius 3 is 2.62 bits per heavy atom. The Kier molecular flexibility index (Phi) is 4.36. The summed E-state index contributed by atoms with van der Waals surface area (Å²) in [5, 5.41) is 1.67. The predicted octanol–water partition coefficient (Wildman–Crippen LogP) is 2.43. The van der Waals surface area contributed by atoms with E-state index in [9.17, 15) is 0 Å². The summed E-state index contributed by atoms with van der Waals surface area (Å²) in [5.74, 6) is 0. The van der Waals surface area contributed by atoms with Crippen molar-refractivity contribution in [1.82, 2.24) is 0 Å². The Labute approximate surface area is 54.3 Å². The molecule has 0 N–H and O–H groups in total. The van der Waals surface area contributed by atoms with Crippen molar-refractivity contribution >= 4 is 17.7 Å². The molecule has 0 aromatic carbocycles. The van der Waals surface area contributed by atoms with E-state index < -0.39 is 0 Å². The lowest BCUT2D eigenvalue weighted by Crippen LogP contribution is -1.76. The third-order valence-electron chi connectivity index (χ3n) is 0.567. The van der Waals surface area contributed by atoms with Crippen LogP contribution in [0.4, 0.5) is 0 Å². The largest absolute Gasteiger partial charge is 0.217 e. The van der Waals surface area contributed by atoms with Crippen LogP contribution in [0.1, 0.15) is 6.92 Å². The molecular weight excluding hydrogens is 118 g/mol. The van der Waals surface area contributed by atoms with E-state index in [4.69, 9.17) is 0 Å². The van der Waals surface area contributed by atoms with Crippen LogP contribution >= 0.6 is 11.9 Å². The van der Waals surface area contributed by atoms with Crippen LogP contribution in [0.15, 0.2) is 29.0 Å². The van der Waals surface area contributed by atoms with Crippen molar-refractivity contribution in [3.63, 3.8) is 0 Å². The molecule has 0 aromatic heterocycles. The van der Waals surface area contributed by atoms with E-state index in [1.54, 1.807) is 11.5 Å². The molecular formula is C6H9NS. The van der Waals surface area contributed by atoms with Gasteiger partial charge in [-0.1, -0.05) is 13.2 Å². The van der Waals surface area contributed by atoms with Crippen LogP contribution in [-0.2, 0) is 0 Å². The lowest BCUT2D eigenvalue weighted by molar-refractivity contribution is 1.79. The summed E-state index contributed by atoms with van der Waals surface area (Å²) in [6, 6.07) is 0. The van der Waals surface area contributed by atoms with Gasteiger partial charge in [0.25, 0.3) is 0 Å². The lowest BCUT2D eigenvalue weighted by Gasteiger charge is -1.83. The van der Waals surface area contributed by atoms with Crippen LogP contribution in [0.3, 0.4) is 0 Å². The smallest absolute Gasteiger partial charge is 0.0454 e. The van der Waals surface area contributed by atoms with Gasteiger partial charge in [0.05, 0.1) is 0 Å². The summed E-state index contributed by atoms with van der Waals surface area (Å²) in [6.45, 7) is 8.92. The highest BCUT2D eigenvalue weighted by atomic mass is 32.2. The molecule has 0 heterocycles. The second-order valence-corrected chi connectivity index (χ2v) is 1.94. The quantitative estimate of drug-likeness (QED) is 0.419. The highest BCUT2D eigenvalue weighted by Gasteiger charge is 1.75. The minimum Gasteiger partial charge on any atom is -0.217 e. The molecule has 0 aliphatic carbocycles. The number of nitrogens with zero attached hydrogens (tertiary/aromatic N) is 1. The fourth-order valence-electron chi connectivity index (χ4n) is 0.158. The maximum Gasteiger partial charge on any atom is 0.0454 e. The van der Waals surface area contributed by atoms with E-state index in [1.807, 2.05) is 6.92 Å². The average Bonchev–Trinajstić information content (AvgIpc) is 1.83. The van der Waals surface area contributed by atoms with Crippen LogP contribution in [0.5, 0.6) is 0 Å². The van der Waals surface area contributed by atoms with Gasteiger partial charge in [0.1, 0.15) is 0 Å². The number of hydrogen-bond acceptors (Lipinski definition) is 2. The van der Waals surface area contributed by atoms with E-state index in [0.717, 1.165) is 5.71 Å². The van der Waals surface area contributed by atoms with Crippen LogP contribution < -0.4 is 0 Å². The molecule has 0 rings (SSSR count). The van der Waals surface area contributed by atoms with Gasteiger partial charge in [-0.05, 0) is 18.4 Å². The molecule has 2 heteroatoms. The summed E-state index contributed by atoms with van der Waals surface area (Å²) >= 11 is 1.32. The Hall–Kier alpha value is -0.500. The second kappa shape index (κ2) is 4.65. The zero-order valence-electron chi connectivity index (χ0n) is 4.92. The first-order valence-corrected chi connectivity index (χ1v) is 3.08. The molecule has 0 saturated heterocycles. The average molecular weight is 127 g/mol. The fraction of sp³-hybridized carbons (Fsp3) is 0.167. The molecule has 0 aliphatic rings. The second-order valence-electron chi connectivity index (χ2n) is 1.21. The monoisotopic (exact) mass is 127 g/mol. The number of rotatable bonds is 3. The highest BCUT2D eigenvalue weighted by Crippen LogP contribution is 2.01. The zero-order valence-corrected chi connectivity index (χ0v) is 5.74. The third kappa shape index (κ3) is 3.68. The summed E-state index contributed by atoms with van der Waals surface area (Å²) in [4.78, 5) is 0. The fourth-order valence-corrected chi connectivity index (χ4v) is 0.473. The van der Waals surface area contributed by atoms with Gasteiger partial charge in [-0.25, -0.2) is 4.40 Å². The van der Waals surface area contributed by atoms with E-state index in [0.29, 0.717) is 0 Å². The molecule has 0 fully saturated rings. The minimum absolute atomic E-state index is 0.926. The summed E-state index contributed by atoms with van der Waals surface area (Å²) < 4.78 is 3.96. The van der Waals surface area contributed by atoms with Gasteiger partial charge in [-0.2, -0.15) is 0 Å². The molecule has 0 radical (unpaired) electrons. The van der Waals surface area contributed by atoms with Crippen molar-refractivity contribution in [3.05, 3.63) is 24.6 Å². The molecule has 44 valence electrons. The van der Waals surface area contributed by atoms with Crippen molar-refractivity contribution in [1.29, 1.82) is 0 Å². The summed E-state index contributed by atoms with van der Waals surface area (Å²) in [7, 11) is 0. The molecule has 1 nitrogen and oxygen atoms in total. The third-order valence-corrected chi connectivity index (χ3v) is 1.11. The number of hydrogen-bond donors (Lipinski definition) is 0. The zero-order chi connectivity index (χ0) is 6.41. The first kappa shape index (κ1) is 7.50. The van der Waals surface area contributed by atoms with Crippen LogP contribution in [0.2, 0.25) is 0 Å². The Morgan fingerprint density at radius 2 is 2.25 bits per heavy atom. The van der Waals surface area contributed by atoms with Crippen LogP contribution in [0, 0.1) is 0 Å². The maximum absolute atomic E-state index is 3.96. The van der Waals surface area contributed by atoms with Gasteiger partial charge in [-0.15, -0.1) is 0 Å². The molecule has 0 aliphatic heterocycles. The van der Waals surface area contributed by atoms with Crippen molar-refractivity contribution in [2.75, 3.05) is 0 Å². The molecule has 0 aromatic rings. The molecule has 0 atom stereocenters. The van der Waals surface area contributed by atoms with Crippen molar-refractivity contribution in [2.24, 2.45) is 4.40 Å². The topological polar surface area (TPSA) is 12.4 Å². The Bertz CT molecular complexity index is 116. The van der Waals surface area contributed by atoms with Crippen LogP contribution in [0.25, 0.3) is 0 Å². The SMILES string of the molecule is C=CSN=C(C)C=C. The van der Waals surface area contributed by atoms with Gasteiger partial charge in [0.2, 0.25) is 0 Å². The van der Waals surface area contributed by atoms with E-state index in [1.165, 1.54) is 11.9 Å². The molecule has 0 amide bonds. The molecule has 0 unspecified atom stereocenters. The van der Waals surface area contributed by atoms with E-state index >= 15 is 0 Å². The van der Waals surface area contributed by atoms with Crippen molar-refractivity contribution in [3.8, 4) is 0 Å². The predicted molar refractivity (Wildman–Crippen MR) is 41.1 cm³/mol. The van der Waals surface area contributed by atoms with Crippen LogP contribution in [-0.4, -0.2) is 5.71 Å². The van der Waals surface area contributed by atoms with E-state index in [-0.39, 0.29) is 0 Å².